The summed E-state index contributed by atoms with van der Waals surface area (Å²) in [6.07, 6.45) is 0. The third-order valence-electron chi connectivity index (χ3n) is 1.89. The van der Waals surface area contributed by atoms with Crippen LogP contribution in [0.4, 0.5) is 0 Å². The average Bonchev–Trinajstić information content (AvgIpc) is 2.47. The van der Waals surface area contributed by atoms with E-state index < -0.39 is 5.97 Å². The molecule has 0 unspecified atom stereocenters. The molecule has 0 bridgehead atoms. The first kappa shape index (κ1) is 7.79. The quantitative estimate of drug-likeness (QED) is 0.695. The zero-order chi connectivity index (χ0) is 9.42. The lowest BCUT2D eigenvalue weighted by atomic mass is 10.1. The minimum absolute atomic E-state index is 0.0123. The van der Waals surface area contributed by atoms with E-state index in [2.05, 4.69) is 0 Å². The van der Waals surface area contributed by atoms with E-state index in [-0.39, 0.29) is 18.0 Å². The highest BCUT2D eigenvalue weighted by Crippen LogP contribution is 2.25. The zero-order valence-electron chi connectivity index (χ0n) is 6.61. The molecule has 0 saturated carbocycles. The average molecular weight is 178 g/mol. The largest absolute Gasteiger partial charge is 0.485 e. The van der Waals surface area contributed by atoms with Crippen molar-refractivity contribution in [3.8, 4) is 5.75 Å². The van der Waals surface area contributed by atoms with Crippen molar-refractivity contribution in [2.24, 2.45) is 0 Å². The van der Waals surface area contributed by atoms with Crippen molar-refractivity contribution in [3.63, 3.8) is 0 Å². The summed E-state index contributed by atoms with van der Waals surface area (Å²) in [4.78, 5) is 21.7. The lowest BCUT2D eigenvalue weighted by Gasteiger charge is -1.97. The number of Topliss-reactive ketones (excluding diaryl/α,β-unsaturated/α-hetero) is 1. The summed E-state index contributed by atoms with van der Waals surface area (Å²) in [6, 6.07) is 4.26. The summed E-state index contributed by atoms with van der Waals surface area (Å²) < 4.78 is 5.00. The minimum Gasteiger partial charge on any atom is -0.485 e. The third kappa shape index (κ3) is 1.16. The number of rotatable bonds is 1. The number of carboxylic acids is 1. The smallest absolute Gasteiger partial charge is 0.335 e. The highest BCUT2D eigenvalue weighted by atomic mass is 16.5. The van der Waals surface area contributed by atoms with Crippen molar-refractivity contribution in [3.05, 3.63) is 29.3 Å². The molecule has 66 valence electrons. The van der Waals surface area contributed by atoms with Crippen molar-refractivity contribution < 1.29 is 19.4 Å². The van der Waals surface area contributed by atoms with E-state index >= 15 is 0 Å². The van der Waals surface area contributed by atoms with Crippen LogP contribution in [0, 0.1) is 0 Å². The molecule has 2 rings (SSSR count). The maximum absolute atomic E-state index is 11.1. The molecule has 0 atom stereocenters. The van der Waals surface area contributed by atoms with Gasteiger partial charge in [-0.05, 0) is 18.2 Å². The first-order chi connectivity index (χ1) is 6.18. The Balaban J connectivity index is 2.54. The maximum atomic E-state index is 11.1. The number of hydrogen-bond acceptors (Lipinski definition) is 3. The normalized spacial score (nSPS) is 13.7. The molecule has 1 aromatic carbocycles. The van der Waals surface area contributed by atoms with Crippen LogP contribution >= 0.6 is 0 Å². The minimum atomic E-state index is -1.04. The molecule has 0 fully saturated rings. The van der Waals surface area contributed by atoms with Crippen LogP contribution in [-0.2, 0) is 0 Å². The molecule has 0 aromatic heterocycles. The Morgan fingerprint density at radius 2 is 2.23 bits per heavy atom. The molecule has 4 heteroatoms. The van der Waals surface area contributed by atoms with E-state index in [1.54, 1.807) is 0 Å². The van der Waals surface area contributed by atoms with Gasteiger partial charge in [0.05, 0.1) is 11.1 Å². The summed E-state index contributed by atoms with van der Waals surface area (Å²) in [7, 11) is 0. The number of ether oxygens (including phenoxy) is 1. The molecule has 0 saturated heterocycles. The molecule has 1 aliphatic rings. The number of carboxylic acid groups (broad SMARTS) is 1. The van der Waals surface area contributed by atoms with Crippen LogP contribution in [-0.4, -0.2) is 23.5 Å². The Labute approximate surface area is 73.8 Å². The summed E-state index contributed by atoms with van der Waals surface area (Å²) in [5, 5.41) is 8.65. The van der Waals surface area contributed by atoms with Gasteiger partial charge in [-0.3, -0.25) is 4.79 Å². The highest BCUT2D eigenvalue weighted by Gasteiger charge is 2.22. The molecule has 4 nitrogen and oxygen atoms in total. The van der Waals surface area contributed by atoms with Gasteiger partial charge in [0, 0.05) is 0 Å². The molecular formula is C9H6O4. The van der Waals surface area contributed by atoms with Crippen LogP contribution in [0.3, 0.4) is 0 Å². The second kappa shape index (κ2) is 2.58. The van der Waals surface area contributed by atoms with Crippen LogP contribution in [0.1, 0.15) is 20.7 Å². The second-order valence-electron chi connectivity index (χ2n) is 2.73. The Hall–Kier alpha value is -1.84. The van der Waals surface area contributed by atoms with Crippen LogP contribution < -0.4 is 4.74 Å². The monoisotopic (exact) mass is 178 g/mol. The van der Waals surface area contributed by atoms with Crippen LogP contribution in [0.5, 0.6) is 5.75 Å². The Morgan fingerprint density at radius 1 is 1.46 bits per heavy atom. The number of fused-ring (bicyclic) bond motifs is 1. The van der Waals surface area contributed by atoms with E-state index in [9.17, 15) is 9.59 Å². The van der Waals surface area contributed by atoms with Gasteiger partial charge >= 0.3 is 5.97 Å². The van der Waals surface area contributed by atoms with Crippen molar-refractivity contribution in [2.45, 2.75) is 0 Å². The van der Waals surface area contributed by atoms with E-state index in [0.29, 0.717) is 11.3 Å². The van der Waals surface area contributed by atoms with Crippen molar-refractivity contribution in [1.29, 1.82) is 0 Å². The van der Waals surface area contributed by atoms with Gasteiger partial charge in [-0.1, -0.05) is 0 Å². The van der Waals surface area contributed by atoms with Crippen molar-refractivity contribution in [1.82, 2.24) is 0 Å². The number of hydrogen-bond donors (Lipinski definition) is 1. The number of benzene rings is 1. The van der Waals surface area contributed by atoms with Gasteiger partial charge in [-0.25, -0.2) is 4.79 Å². The number of carbonyl (C=O) groups is 2. The predicted octanol–water partition coefficient (Wildman–Crippen LogP) is 0.960. The zero-order valence-corrected chi connectivity index (χ0v) is 6.61. The van der Waals surface area contributed by atoms with Gasteiger partial charge in [-0.2, -0.15) is 0 Å². The first-order valence-electron chi connectivity index (χ1n) is 3.72. The third-order valence-corrected chi connectivity index (χ3v) is 1.89. The second-order valence-corrected chi connectivity index (χ2v) is 2.73. The standard InChI is InChI=1S/C9H6O4/c10-7-4-13-8-2-1-5(9(11)12)3-6(7)8/h1-3H,4H2,(H,11,12). The Kier molecular flexibility index (Phi) is 1.55. The summed E-state index contributed by atoms with van der Waals surface area (Å²) in [6.45, 7) is 0.0123. The molecule has 1 aliphatic heterocycles. The van der Waals surface area contributed by atoms with Gasteiger partial charge < -0.3 is 9.84 Å². The molecule has 0 radical (unpaired) electrons. The van der Waals surface area contributed by atoms with Gasteiger partial charge in [0.15, 0.2) is 6.61 Å². The molecule has 1 aromatic rings. The fourth-order valence-electron chi connectivity index (χ4n) is 1.23. The fraction of sp³-hybridized carbons (Fsp3) is 0.111. The first-order valence-corrected chi connectivity index (χ1v) is 3.72. The Bertz CT molecular complexity index is 395. The Morgan fingerprint density at radius 3 is 2.92 bits per heavy atom. The molecular weight excluding hydrogens is 172 g/mol. The van der Waals surface area contributed by atoms with E-state index in [0.717, 1.165) is 0 Å². The summed E-state index contributed by atoms with van der Waals surface area (Å²) in [5.74, 6) is -0.740. The topological polar surface area (TPSA) is 63.6 Å². The summed E-state index contributed by atoms with van der Waals surface area (Å²) in [5.41, 5.74) is 0.470. The SMILES string of the molecule is O=C(O)c1ccc2c(c1)C(=O)CO2. The van der Waals surface area contributed by atoms with Crippen LogP contribution in [0.25, 0.3) is 0 Å². The molecule has 1 heterocycles. The summed E-state index contributed by atoms with van der Waals surface area (Å²) >= 11 is 0. The molecule has 0 amide bonds. The lowest BCUT2D eigenvalue weighted by Crippen LogP contribution is -2.00. The molecule has 0 spiro atoms. The van der Waals surface area contributed by atoms with Crippen molar-refractivity contribution in [2.75, 3.05) is 6.61 Å². The van der Waals surface area contributed by atoms with Crippen LogP contribution in [0.15, 0.2) is 18.2 Å². The number of aromatic carboxylic acids is 1. The predicted molar refractivity (Wildman–Crippen MR) is 43.2 cm³/mol. The van der Waals surface area contributed by atoms with E-state index in [1.165, 1.54) is 18.2 Å². The van der Waals surface area contributed by atoms with Gasteiger partial charge in [0.25, 0.3) is 0 Å². The fourth-order valence-corrected chi connectivity index (χ4v) is 1.23. The maximum Gasteiger partial charge on any atom is 0.335 e. The van der Waals surface area contributed by atoms with E-state index in [4.69, 9.17) is 9.84 Å². The van der Waals surface area contributed by atoms with Gasteiger partial charge in [-0.15, -0.1) is 0 Å². The lowest BCUT2D eigenvalue weighted by molar-refractivity contribution is 0.0697. The molecule has 1 N–H and O–H groups in total. The number of ketones is 1. The molecule has 13 heavy (non-hydrogen) atoms. The number of carbonyl (C=O) groups excluding carboxylic acids is 1. The van der Waals surface area contributed by atoms with Crippen LogP contribution in [0.2, 0.25) is 0 Å². The van der Waals surface area contributed by atoms with Crippen molar-refractivity contribution >= 4 is 11.8 Å². The van der Waals surface area contributed by atoms with E-state index in [1.807, 2.05) is 0 Å². The van der Waals surface area contributed by atoms with Gasteiger partial charge in [0.2, 0.25) is 5.78 Å². The molecule has 0 aliphatic carbocycles. The van der Waals surface area contributed by atoms with Gasteiger partial charge in [0.1, 0.15) is 5.75 Å². The highest BCUT2D eigenvalue weighted by molar-refractivity contribution is 6.04.